The number of nitrogens with one attached hydrogen (secondary N) is 2. The highest BCUT2D eigenvalue weighted by atomic mass is 32.2. The molecule has 0 aliphatic carbocycles. The molecule has 0 amide bonds. The summed E-state index contributed by atoms with van der Waals surface area (Å²) in [6.07, 6.45) is -0.364. The summed E-state index contributed by atoms with van der Waals surface area (Å²) in [6, 6.07) is 17.7. The normalized spacial score (nSPS) is 13.4. The van der Waals surface area contributed by atoms with E-state index in [4.69, 9.17) is 16.9 Å². The van der Waals surface area contributed by atoms with Crippen LogP contribution in [-0.4, -0.2) is 43.2 Å². The van der Waals surface area contributed by atoms with E-state index in [1.54, 1.807) is 18.2 Å². The number of ketones is 1. The maximum Gasteiger partial charge on any atom is 0.331 e. The van der Waals surface area contributed by atoms with E-state index in [0.717, 1.165) is 5.39 Å². The van der Waals surface area contributed by atoms with Crippen molar-refractivity contribution < 1.29 is 23.1 Å². The number of rotatable bonds is 9. The van der Waals surface area contributed by atoms with Gasteiger partial charge in [0.1, 0.15) is 5.84 Å². The van der Waals surface area contributed by atoms with Crippen molar-refractivity contribution in [3.8, 4) is 0 Å². The van der Waals surface area contributed by atoms with E-state index < -0.39 is 33.9 Å². The van der Waals surface area contributed by atoms with E-state index in [-0.39, 0.29) is 17.2 Å². The van der Waals surface area contributed by atoms with Crippen LogP contribution >= 0.6 is 0 Å². The van der Waals surface area contributed by atoms with Crippen LogP contribution < -0.4 is 16.2 Å². The number of nitrogen functional groups attached to an aromatic ring is 1. The Morgan fingerprint density at radius 1 is 1.00 bits per heavy atom. The van der Waals surface area contributed by atoms with Gasteiger partial charge in [-0.25, -0.2) is 17.9 Å². The minimum atomic E-state index is -4.08. The molecule has 7 N–H and O–H groups in total. The van der Waals surface area contributed by atoms with Crippen molar-refractivity contribution in [1.29, 1.82) is 5.41 Å². The third kappa shape index (κ3) is 4.83. The number of fused-ring (bicyclic) bond motifs is 1. The highest BCUT2D eigenvalue weighted by Gasteiger charge is 2.42. The van der Waals surface area contributed by atoms with Crippen molar-refractivity contribution in [1.82, 2.24) is 4.72 Å². The summed E-state index contributed by atoms with van der Waals surface area (Å²) in [7, 11) is -4.08. The molecule has 9 nitrogen and oxygen atoms in total. The number of carboxylic acids is 1. The minimum Gasteiger partial charge on any atom is -0.480 e. The van der Waals surface area contributed by atoms with E-state index in [0.29, 0.717) is 16.5 Å². The number of carboxylic acid groups (broad SMARTS) is 1. The van der Waals surface area contributed by atoms with Gasteiger partial charge in [0.25, 0.3) is 0 Å². The topological polar surface area (TPSA) is 176 Å². The number of benzene rings is 3. The molecule has 3 aromatic carbocycles. The Bertz CT molecular complexity index is 1310. The Morgan fingerprint density at radius 2 is 1.62 bits per heavy atom. The zero-order valence-electron chi connectivity index (χ0n) is 16.9. The highest BCUT2D eigenvalue weighted by molar-refractivity contribution is 7.89. The lowest BCUT2D eigenvalue weighted by Crippen LogP contribution is -2.59. The van der Waals surface area contributed by atoms with Crippen molar-refractivity contribution in [2.45, 2.75) is 16.9 Å². The van der Waals surface area contributed by atoms with E-state index in [9.17, 15) is 23.1 Å². The van der Waals surface area contributed by atoms with Crippen LogP contribution in [-0.2, 0) is 26.0 Å². The van der Waals surface area contributed by atoms with Crippen molar-refractivity contribution in [2.24, 2.45) is 11.5 Å². The fourth-order valence-corrected chi connectivity index (χ4v) is 4.17. The number of aliphatic carboxylic acids is 1. The van der Waals surface area contributed by atoms with E-state index in [1.807, 2.05) is 12.1 Å². The second-order valence-corrected chi connectivity index (χ2v) is 9.09. The Kier molecular flexibility index (Phi) is 6.40. The first-order valence-corrected chi connectivity index (χ1v) is 11.0. The second kappa shape index (κ2) is 8.87. The van der Waals surface area contributed by atoms with Crippen molar-refractivity contribution >= 4 is 38.4 Å². The molecule has 1 atom stereocenters. The molecular formula is C22H22N4O5S. The fraction of sp³-hybridized carbons (Fsp3) is 0.136. The van der Waals surface area contributed by atoms with Crippen LogP contribution in [0.3, 0.4) is 0 Å². The third-order valence-corrected chi connectivity index (χ3v) is 6.48. The molecule has 0 spiro atoms. The van der Waals surface area contributed by atoms with Crippen LogP contribution in [0.4, 0.5) is 0 Å². The highest BCUT2D eigenvalue weighted by Crippen LogP contribution is 2.19. The molecule has 0 aliphatic rings. The van der Waals surface area contributed by atoms with E-state index in [2.05, 4.69) is 4.72 Å². The number of amidine groups is 1. The van der Waals surface area contributed by atoms with Crippen LogP contribution in [0.25, 0.3) is 10.8 Å². The van der Waals surface area contributed by atoms with Gasteiger partial charge in [0.05, 0.1) is 11.4 Å². The summed E-state index contributed by atoms with van der Waals surface area (Å²) in [4.78, 5) is 24.4. The number of sulfonamides is 1. The molecule has 0 aliphatic heterocycles. The molecule has 166 valence electrons. The summed E-state index contributed by atoms with van der Waals surface area (Å²) in [5.41, 5.74) is 9.81. The molecule has 32 heavy (non-hydrogen) atoms. The van der Waals surface area contributed by atoms with Gasteiger partial charge >= 0.3 is 5.97 Å². The Balaban J connectivity index is 1.77. The van der Waals surface area contributed by atoms with Crippen LogP contribution in [0, 0.1) is 5.41 Å². The van der Waals surface area contributed by atoms with Crippen LogP contribution in [0.5, 0.6) is 0 Å². The zero-order chi connectivity index (χ0) is 23.5. The monoisotopic (exact) mass is 454 g/mol. The first kappa shape index (κ1) is 23.1. The first-order valence-electron chi connectivity index (χ1n) is 9.50. The van der Waals surface area contributed by atoms with E-state index in [1.165, 1.54) is 36.4 Å². The quantitative estimate of drug-likeness (QED) is 0.182. The van der Waals surface area contributed by atoms with E-state index >= 15 is 0 Å². The van der Waals surface area contributed by atoms with Gasteiger partial charge in [-0.2, -0.15) is 0 Å². The van der Waals surface area contributed by atoms with Gasteiger partial charge in [-0.15, -0.1) is 0 Å². The zero-order valence-corrected chi connectivity index (χ0v) is 17.7. The molecule has 0 saturated heterocycles. The third-order valence-electron chi connectivity index (χ3n) is 5.08. The Labute approximate surface area is 184 Å². The number of carbonyl (C=O) groups is 2. The van der Waals surface area contributed by atoms with Crippen molar-refractivity contribution in [3.05, 3.63) is 77.9 Å². The molecule has 3 rings (SSSR count). The SMILES string of the molecule is N=C(N)c1ccc(CC(N)(C(=O)O)C(=O)CNS(=O)(=O)c2ccc3ccccc3c2)cc1. The molecule has 10 heteroatoms. The summed E-state index contributed by atoms with van der Waals surface area (Å²) >= 11 is 0. The molecular weight excluding hydrogens is 432 g/mol. The average molecular weight is 455 g/mol. The second-order valence-electron chi connectivity index (χ2n) is 7.32. The van der Waals surface area contributed by atoms with Gasteiger partial charge in [-0.1, -0.05) is 54.6 Å². The summed E-state index contributed by atoms with van der Waals surface area (Å²) in [5.74, 6) is -2.74. The average Bonchev–Trinajstić information content (AvgIpc) is 2.77. The van der Waals surface area contributed by atoms with Crippen LogP contribution in [0.1, 0.15) is 11.1 Å². The summed E-state index contributed by atoms with van der Waals surface area (Å²) < 4.78 is 27.5. The smallest absolute Gasteiger partial charge is 0.331 e. The molecule has 0 aromatic heterocycles. The summed E-state index contributed by atoms with van der Waals surface area (Å²) in [6.45, 7) is -0.788. The standard InChI is InChI=1S/C22H22N4O5S/c23-20(24)16-7-5-14(6-8-16)12-22(25,21(28)29)19(27)13-26-32(30,31)18-10-9-15-3-1-2-4-17(15)11-18/h1-11,26H,12-13,25H2,(H3,23,24)(H,28,29). The summed E-state index contributed by atoms with van der Waals surface area (Å²) in [5, 5.41) is 18.5. The number of hydrogen-bond donors (Lipinski definition) is 5. The van der Waals surface area contributed by atoms with Gasteiger partial charge in [0.2, 0.25) is 10.0 Å². The number of carbonyl (C=O) groups excluding carboxylic acids is 1. The lowest BCUT2D eigenvalue weighted by molar-refractivity contribution is -0.148. The molecule has 0 bridgehead atoms. The lowest BCUT2D eigenvalue weighted by atomic mass is 9.87. The van der Waals surface area contributed by atoms with Crippen molar-refractivity contribution in [3.63, 3.8) is 0 Å². The molecule has 3 aromatic rings. The number of nitrogens with two attached hydrogens (primary N) is 2. The van der Waals surface area contributed by atoms with Gasteiger partial charge in [-0.3, -0.25) is 10.2 Å². The van der Waals surface area contributed by atoms with Crippen molar-refractivity contribution in [2.75, 3.05) is 6.54 Å². The predicted molar refractivity (Wildman–Crippen MR) is 120 cm³/mol. The van der Waals surface area contributed by atoms with Gasteiger partial charge in [-0.05, 0) is 28.5 Å². The van der Waals surface area contributed by atoms with Gasteiger partial charge in [0, 0.05) is 12.0 Å². The number of Topliss-reactive ketones (excluding diaryl/α,β-unsaturated/α-hetero) is 1. The van der Waals surface area contributed by atoms with Crippen LogP contribution in [0.15, 0.2) is 71.6 Å². The predicted octanol–water partition coefficient (Wildman–Crippen LogP) is 0.996. The lowest BCUT2D eigenvalue weighted by Gasteiger charge is -2.23. The first-order chi connectivity index (χ1) is 15.0. The molecule has 1 unspecified atom stereocenters. The Hall–Kier alpha value is -3.60. The Morgan fingerprint density at radius 3 is 2.22 bits per heavy atom. The minimum absolute atomic E-state index is 0.0539. The molecule has 0 radical (unpaired) electrons. The van der Waals surface area contributed by atoms with Crippen LogP contribution in [0.2, 0.25) is 0 Å². The molecule has 0 fully saturated rings. The molecule has 0 heterocycles. The van der Waals surface area contributed by atoms with Gasteiger partial charge in [0.15, 0.2) is 11.3 Å². The van der Waals surface area contributed by atoms with Gasteiger partial charge < -0.3 is 16.6 Å². The largest absolute Gasteiger partial charge is 0.480 e. The maximum absolute atomic E-state index is 12.7. The maximum atomic E-state index is 12.7. The number of hydrogen-bond acceptors (Lipinski definition) is 6. The molecule has 0 saturated carbocycles. The fourth-order valence-electron chi connectivity index (χ4n) is 3.15.